The first-order valence-electron chi connectivity index (χ1n) is 5.64. The SMILES string of the molecule is CCNC1CCN(c2c(Cl)cccc2Cl)C1=O. The van der Waals surface area contributed by atoms with E-state index in [-0.39, 0.29) is 11.9 Å². The van der Waals surface area contributed by atoms with Gasteiger partial charge in [-0.3, -0.25) is 4.79 Å². The van der Waals surface area contributed by atoms with Gasteiger partial charge in [-0.25, -0.2) is 0 Å². The number of para-hydroxylation sites is 1. The molecule has 0 radical (unpaired) electrons. The lowest BCUT2D eigenvalue weighted by Gasteiger charge is -2.19. The highest BCUT2D eigenvalue weighted by Gasteiger charge is 2.33. The molecule has 2 rings (SSSR count). The fraction of sp³-hybridized carbons (Fsp3) is 0.417. The van der Waals surface area contributed by atoms with E-state index in [0.29, 0.717) is 22.3 Å². The van der Waals surface area contributed by atoms with E-state index >= 15 is 0 Å². The normalized spacial score (nSPS) is 20.1. The molecule has 1 amide bonds. The van der Waals surface area contributed by atoms with E-state index in [1.165, 1.54) is 0 Å². The average Bonchev–Trinajstić information content (AvgIpc) is 2.62. The van der Waals surface area contributed by atoms with Crippen molar-refractivity contribution >= 4 is 34.8 Å². The van der Waals surface area contributed by atoms with E-state index in [1.807, 2.05) is 6.92 Å². The highest BCUT2D eigenvalue weighted by Crippen LogP contribution is 2.35. The number of hydrogen-bond acceptors (Lipinski definition) is 2. The van der Waals surface area contributed by atoms with E-state index in [0.717, 1.165) is 13.0 Å². The van der Waals surface area contributed by atoms with Gasteiger partial charge in [-0.05, 0) is 25.1 Å². The molecule has 1 heterocycles. The van der Waals surface area contributed by atoms with Crippen LogP contribution in [0.25, 0.3) is 0 Å². The zero-order chi connectivity index (χ0) is 12.4. The molecule has 5 heteroatoms. The Kier molecular flexibility index (Phi) is 3.92. The summed E-state index contributed by atoms with van der Waals surface area (Å²) in [5.74, 6) is 0.0434. The van der Waals surface area contributed by atoms with E-state index < -0.39 is 0 Å². The lowest BCUT2D eigenvalue weighted by atomic mass is 10.2. The Morgan fingerprint density at radius 2 is 2.06 bits per heavy atom. The van der Waals surface area contributed by atoms with E-state index in [1.54, 1.807) is 23.1 Å². The van der Waals surface area contributed by atoms with Gasteiger partial charge in [-0.1, -0.05) is 36.2 Å². The van der Waals surface area contributed by atoms with Gasteiger partial charge in [0.05, 0.1) is 21.8 Å². The molecule has 0 bridgehead atoms. The molecule has 17 heavy (non-hydrogen) atoms. The van der Waals surface area contributed by atoms with E-state index in [9.17, 15) is 4.79 Å². The number of carbonyl (C=O) groups excluding carboxylic acids is 1. The number of amides is 1. The first-order valence-corrected chi connectivity index (χ1v) is 6.39. The van der Waals surface area contributed by atoms with Crippen LogP contribution < -0.4 is 10.2 Å². The summed E-state index contributed by atoms with van der Waals surface area (Å²) in [6.07, 6.45) is 0.786. The van der Waals surface area contributed by atoms with Crippen LogP contribution in [0.2, 0.25) is 10.0 Å². The summed E-state index contributed by atoms with van der Waals surface area (Å²) in [5, 5.41) is 4.19. The maximum absolute atomic E-state index is 12.1. The third-order valence-electron chi connectivity index (χ3n) is 2.86. The number of nitrogens with zero attached hydrogens (tertiary/aromatic N) is 1. The number of halogens is 2. The number of nitrogens with one attached hydrogen (secondary N) is 1. The van der Waals surface area contributed by atoms with Gasteiger partial charge in [0.1, 0.15) is 0 Å². The van der Waals surface area contributed by atoms with Crippen LogP contribution in [0, 0.1) is 0 Å². The Morgan fingerprint density at radius 1 is 1.41 bits per heavy atom. The van der Waals surface area contributed by atoms with Crippen molar-refractivity contribution in [2.45, 2.75) is 19.4 Å². The summed E-state index contributed by atoms with van der Waals surface area (Å²) in [5.41, 5.74) is 0.626. The second-order valence-corrected chi connectivity index (χ2v) is 4.77. The minimum Gasteiger partial charge on any atom is -0.308 e. The molecule has 92 valence electrons. The van der Waals surface area contributed by atoms with E-state index in [4.69, 9.17) is 23.2 Å². The van der Waals surface area contributed by atoms with Crippen LogP contribution in [-0.4, -0.2) is 25.0 Å². The summed E-state index contributed by atoms with van der Waals surface area (Å²) in [6, 6.07) is 5.15. The van der Waals surface area contributed by atoms with Crippen molar-refractivity contribution in [1.29, 1.82) is 0 Å². The number of anilines is 1. The third-order valence-corrected chi connectivity index (χ3v) is 3.47. The molecule has 0 saturated carbocycles. The third kappa shape index (κ3) is 2.41. The van der Waals surface area contributed by atoms with Gasteiger partial charge < -0.3 is 10.2 Å². The van der Waals surface area contributed by atoms with Crippen molar-refractivity contribution in [3.63, 3.8) is 0 Å². The predicted octanol–water partition coefficient (Wildman–Crippen LogP) is 2.71. The van der Waals surface area contributed by atoms with Crippen molar-refractivity contribution < 1.29 is 4.79 Å². The van der Waals surface area contributed by atoms with Crippen molar-refractivity contribution in [1.82, 2.24) is 5.32 Å². The topological polar surface area (TPSA) is 32.3 Å². The summed E-state index contributed by atoms with van der Waals surface area (Å²) in [6.45, 7) is 3.42. The van der Waals surface area contributed by atoms with Crippen LogP contribution in [-0.2, 0) is 4.79 Å². The molecular formula is C12H14Cl2N2O. The van der Waals surface area contributed by atoms with Gasteiger partial charge in [0, 0.05) is 6.54 Å². The Hall–Kier alpha value is -0.770. The number of carbonyl (C=O) groups is 1. The van der Waals surface area contributed by atoms with Gasteiger partial charge >= 0.3 is 0 Å². The van der Waals surface area contributed by atoms with Crippen LogP contribution in [0.15, 0.2) is 18.2 Å². The first-order chi connectivity index (χ1) is 8.15. The molecule has 1 saturated heterocycles. The van der Waals surface area contributed by atoms with Crippen molar-refractivity contribution in [3.8, 4) is 0 Å². The number of likely N-dealkylation sites (N-methyl/N-ethyl adjacent to an activating group) is 1. The first kappa shape index (κ1) is 12.7. The van der Waals surface area contributed by atoms with Crippen LogP contribution >= 0.6 is 23.2 Å². The standard InChI is InChI=1S/C12H14Cl2N2O/c1-2-15-10-6-7-16(12(10)17)11-8(13)4-3-5-9(11)14/h3-5,10,15H,2,6-7H2,1H3. The molecule has 1 aliphatic rings. The smallest absolute Gasteiger partial charge is 0.244 e. The maximum atomic E-state index is 12.1. The van der Waals surface area contributed by atoms with Gasteiger partial charge in [0.25, 0.3) is 0 Å². The predicted molar refractivity (Wildman–Crippen MR) is 70.9 cm³/mol. The molecule has 1 aromatic carbocycles. The summed E-state index contributed by atoms with van der Waals surface area (Å²) < 4.78 is 0. The van der Waals surface area contributed by atoms with Gasteiger partial charge in [-0.15, -0.1) is 0 Å². The number of benzene rings is 1. The quantitative estimate of drug-likeness (QED) is 0.918. The highest BCUT2D eigenvalue weighted by molar-refractivity contribution is 6.40. The number of rotatable bonds is 3. The Bertz CT molecular complexity index is 416. The second-order valence-electron chi connectivity index (χ2n) is 3.96. The van der Waals surface area contributed by atoms with Crippen molar-refractivity contribution in [2.75, 3.05) is 18.0 Å². The minimum absolute atomic E-state index is 0.0434. The molecule has 1 aromatic rings. The Balaban J connectivity index is 2.27. The summed E-state index contributed by atoms with van der Waals surface area (Å²) in [7, 11) is 0. The summed E-state index contributed by atoms with van der Waals surface area (Å²) >= 11 is 12.2. The van der Waals surface area contributed by atoms with Crippen LogP contribution in [0.5, 0.6) is 0 Å². The molecule has 1 aliphatic heterocycles. The van der Waals surface area contributed by atoms with E-state index in [2.05, 4.69) is 5.32 Å². The molecule has 1 fully saturated rings. The van der Waals surface area contributed by atoms with Gasteiger partial charge in [-0.2, -0.15) is 0 Å². The zero-order valence-electron chi connectivity index (χ0n) is 9.54. The number of hydrogen-bond donors (Lipinski definition) is 1. The van der Waals surface area contributed by atoms with Crippen LogP contribution in [0.1, 0.15) is 13.3 Å². The summed E-state index contributed by atoms with van der Waals surface area (Å²) in [4.78, 5) is 13.8. The maximum Gasteiger partial charge on any atom is 0.244 e. The average molecular weight is 273 g/mol. The molecular weight excluding hydrogens is 259 g/mol. The highest BCUT2D eigenvalue weighted by atomic mass is 35.5. The van der Waals surface area contributed by atoms with Gasteiger partial charge in [0.2, 0.25) is 5.91 Å². The Labute approximate surface area is 111 Å². The van der Waals surface area contributed by atoms with Crippen LogP contribution in [0.3, 0.4) is 0 Å². The lowest BCUT2D eigenvalue weighted by molar-refractivity contribution is -0.118. The van der Waals surface area contributed by atoms with Crippen LogP contribution in [0.4, 0.5) is 5.69 Å². The monoisotopic (exact) mass is 272 g/mol. The second kappa shape index (κ2) is 5.25. The van der Waals surface area contributed by atoms with Crippen molar-refractivity contribution in [2.24, 2.45) is 0 Å². The molecule has 3 nitrogen and oxygen atoms in total. The molecule has 1 atom stereocenters. The zero-order valence-corrected chi connectivity index (χ0v) is 11.1. The molecule has 1 N–H and O–H groups in total. The fourth-order valence-corrected chi connectivity index (χ4v) is 2.69. The van der Waals surface area contributed by atoms with Gasteiger partial charge in [0.15, 0.2) is 0 Å². The minimum atomic E-state index is -0.118. The largest absolute Gasteiger partial charge is 0.308 e. The molecule has 0 aromatic heterocycles. The lowest BCUT2D eigenvalue weighted by Crippen LogP contribution is -2.38. The molecule has 0 aliphatic carbocycles. The fourth-order valence-electron chi connectivity index (χ4n) is 2.08. The van der Waals surface area contributed by atoms with Crippen molar-refractivity contribution in [3.05, 3.63) is 28.2 Å². The Morgan fingerprint density at radius 3 is 2.65 bits per heavy atom. The molecule has 1 unspecified atom stereocenters. The molecule has 0 spiro atoms.